The number of hydrogen-bond donors (Lipinski definition) is 1. The second-order valence-corrected chi connectivity index (χ2v) is 4.87. The van der Waals surface area contributed by atoms with Crippen LogP contribution >= 0.6 is 0 Å². The minimum atomic E-state index is 0.601. The first-order valence-corrected chi connectivity index (χ1v) is 6.24. The molecule has 2 N–H and O–H groups in total. The third-order valence-electron chi connectivity index (χ3n) is 3.25. The van der Waals surface area contributed by atoms with E-state index in [0.717, 1.165) is 49.7 Å². The molecule has 17 heavy (non-hydrogen) atoms. The summed E-state index contributed by atoms with van der Waals surface area (Å²) in [6, 6.07) is 4.07. The Hall–Kier alpha value is -1.22. The topological polar surface area (TPSA) is 44.5 Å². The third-order valence-corrected chi connectivity index (χ3v) is 3.25. The van der Waals surface area contributed by atoms with Crippen molar-refractivity contribution in [1.82, 2.24) is 0 Å². The van der Waals surface area contributed by atoms with E-state index in [4.69, 9.17) is 15.2 Å². The van der Waals surface area contributed by atoms with Gasteiger partial charge in [0.2, 0.25) is 0 Å². The molecule has 1 aromatic rings. The summed E-state index contributed by atoms with van der Waals surface area (Å²) in [6.07, 6.45) is 2.18. The number of ether oxygens (including phenoxy) is 2. The molecule has 1 aliphatic heterocycles. The highest BCUT2D eigenvalue weighted by Gasteiger charge is 2.15. The van der Waals surface area contributed by atoms with Crippen LogP contribution in [0.1, 0.15) is 24.0 Å². The van der Waals surface area contributed by atoms with Crippen LogP contribution in [-0.4, -0.2) is 19.8 Å². The van der Waals surface area contributed by atoms with Crippen LogP contribution in [0.2, 0.25) is 0 Å². The van der Waals surface area contributed by atoms with Gasteiger partial charge in [-0.05, 0) is 49.8 Å². The Kier molecular flexibility index (Phi) is 3.89. The molecule has 94 valence electrons. The van der Waals surface area contributed by atoms with E-state index in [1.807, 2.05) is 19.9 Å². The Morgan fingerprint density at radius 3 is 2.65 bits per heavy atom. The molecule has 2 rings (SSSR count). The molecule has 1 aromatic carbocycles. The quantitative estimate of drug-likeness (QED) is 0.819. The Balaban J connectivity index is 1.98. The van der Waals surface area contributed by atoms with Crippen LogP contribution in [-0.2, 0) is 4.74 Å². The summed E-state index contributed by atoms with van der Waals surface area (Å²) in [5.74, 6) is 1.45. The Bertz CT molecular complexity index is 361. The standard InChI is InChI=1S/C14H21NO2/c1-10-7-11(2)14(13(15)8-10)17-9-12-3-5-16-6-4-12/h7-8,12H,3-6,9,15H2,1-2H3. The normalized spacial score (nSPS) is 17.1. The number of hydrogen-bond acceptors (Lipinski definition) is 3. The first-order valence-electron chi connectivity index (χ1n) is 6.24. The van der Waals surface area contributed by atoms with E-state index in [1.54, 1.807) is 0 Å². The molecular formula is C14H21NO2. The highest BCUT2D eigenvalue weighted by atomic mass is 16.5. The van der Waals surface area contributed by atoms with Gasteiger partial charge in [-0.15, -0.1) is 0 Å². The van der Waals surface area contributed by atoms with Gasteiger partial charge >= 0.3 is 0 Å². The van der Waals surface area contributed by atoms with E-state index in [2.05, 4.69) is 6.07 Å². The first kappa shape index (κ1) is 12.2. The van der Waals surface area contributed by atoms with E-state index in [9.17, 15) is 0 Å². The lowest BCUT2D eigenvalue weighted by atomic mass is 10.0. The molecule has 1 saturated heterocycles. The Labute approximate surface area is 103 Å². The maximum atomic E-state index is 5.99. The predicted octanol–water partition coefficient (Wildman–Crippen LogP) is 2.69. The second-order valence-electron chi connectivity index (χ2n) is 4.87. The van der Waals surface area contributed by atoms with Crippen LogP contribution in [0.15, 0.2) is 12.1 Å². The van der Waals surface area contributed by atoms with Crippen LogP contribution in [0.25, 0.3) is 0 Å². The average Bonchev–Trinajstić information content (AvgIpc) is 2.29. The zero-order chi connectivity index (χ0) is 12.3. The number of benzene rings is 1. The summed E-state index contributed by atoms with van der Waals surface area (Å²) < 4.78 is 11.2. The van der Waals surface area contributed by atoms with Gasteiger partial charge < -0.3 is 15.2 Å². The van der Waals surface area contributed by atoms with Gasteiger partial charge in [0.15, 0.2) is 0 Å². The maximum Gasteiger partial charge on any atom is 0.145 e. The second kappa shape index (κ2) is 5.41. The lowest BCUT2D eigenvalue weighted by molar-refractivity contribution is 0.0498. The van der Waals surface area contributed by atoms with Crippen molar-refractivity contribution in [2.45, 2.75) is 26.7 Å². The molecule has 0 saturated carbocycles. The smallest absolute Gasteiger partial charge is 0.145 e. The lowest BCUT2D eigenvalue weighted by Crippen LogP contribution is -2.21. The van der Waals surface area contributed by atoms with Crippen molar-refractivity contribution in [2.75, 3.05) is 25.6 Å². The van der Waals surface area contributed by atoms with Gasteiger partial charge in [-0.2, -0.15) is 0 Å². The van der Waals surface area contributed by atoms with Gasteiger partial charge in [-0.25, -0.2) is 0 Å². The monoisotopic (exact) mass is 235 g/mol. The van der Waals surface area contributed by atoms with E-state index >= 15 is 0 Å². The van der Waals surface area contributed by atoms with Crippen LogP contribution in [0.5, 0.6) is 5.75 Å². The van der Waals surface area contributed by atoms with Crippen molar-refractivity contribution >= 4 is 5.69 Å². The number of rotatable bonds is 3. The molecule has 1 fully saturated rings. The molecule has 0 bridgehead atoms. The third kappa shape index (κ3) is 3.13. The van der Waals surface area contributed by atoms with Crippen molar-refractivity contribution < 1.29 is 9.47 Å². The van der Waals surface area contributed by atoms with Crippen LogP contribution in [0.4, 0.5) is 5.69 Å². The predicted molar refractivity (Wildman–Crippen MR) is 69.4 cm³/mol. The molecule has 0 atom stereocenters. The minimum absolute atomic E-state index is 0.601. The zero-order valence-electron chi connectivity index (χ0n) is 10.7. The molecule has 0 aromatic heterocycles. The number of aryl methyl sites for hydroxylation is 2. The fraction of sp³-hybridized carbons (Fsp3) is 0.571. The van der Waals surface area contributed by atoms with E-state index in [1.165, 1.54) is 5.56 Å². The van der Waals surface area contributed by atoms with Crippen molar-refractivity contribution in [3.63, 3.8) is 0 Å². The first-order chi connectivity index (χ1) is 8.16. The van der Waals surface area contributed by atoms with Crippen molar-refractivity contribution in [1.29, 1.82) is 0 Å². The fourth-order valence-corrected chi connectivity index (χ4v) is 2.30. The summed E-state index contributed by atoms with van der Waals surface area (Å²) in [4.78, 5) is 0. The number of nitrogens with two attached hydrogens (primary N) is 1. The molecule has 0 amide bonds. The SMILES string of the molecule is Cc1cc(C)c(OCC2CCOCC2)c(N)c1. The molecule has 1 heterocycles. The van der Waals surface area contributed by atoms with Crippen LogP contribution in [0, 0.1) is 19.8 Å². The van der Waals surface area contributed by atoms with Crippen LogP contribution in [0.3, 0.4) is 0 Å². The number of nitrogen functional groups attached to an aromatic ring is 1. The Morgan fingerprint density at radius 2 is 2.00 bits per heavy atom. The molecule has 0 aliphatic carbocycles. The maximum absolute atomic E-state index is 5.99. The highest BCUT2D eigenvalue weighted by Crippen LogP contribution is 2.28. The minimum Gasteiger partial charge on any atom is -0.491 e. The number of anilines is 1. The fourth-order valence-electron chi connectivity index (χ4n) is 2.30. The summed E-state index contributed by atoms with van der Waals surface area (Å²) in [7, 11) is 0. The summed E-state index contributed by atoms with van der Waals surface area (Å²) in [6.45, 7) is 6.55. The van der Waals surface area contributed by atoms with Gasteiger partial charge in [0.05, 0.1) is 12.3 Å². The molecular weight excluding hydrogens is 214 g/mol. The van der Waals surface area contributed by atoms with Crippen LogP contribution < -0.4 is 10.5 Å². The van der Waals surface area contributed by atoms with Crippen molar-refractivity contribution in [2.24, 2.45) is 5.92 Å². The largest absolute Gasteiger partial charge is 0.491 e. The molecule has 3 nitrogen and oxygen atoms in total. The van der Waals surface area contributed by atoms with Crippen molar-refractivity contribution in [3.05, 3.63) is 23.3 Å². The molecule has 1 aliphatic rings. The molecule has 3 heteroatoms. The Morgan fingerprint density at radius 1 is 1.29 bits per heavy atom. The summed E-state index contributed by atoms with van der Waals surface area (Å²) in [5, 5.41) is 0. The summed E-state index contributed by atoms with van der Waals surface area (Å²) in [5.41, 5.74) is 9.03. The zero-order valence-corrected chi connectivity index (χ0v) is 10.7. The highest BCUT2D eigenvalue weighted by molar-refractivity contribution is 5.58. The molecule has 0 spiro atoms. The molecule has 0 radical (unpaired) electrons. The van der Waals surface area contributed by atoms with E-state index in [-0.39, 0.29) is 0 Å². The van der Waals surface area contributed by atoms with E-state index < -0.39 is 0 Å². The summed E-state index contributed by atoms with van der Waals surface area (Å²) >= 11 is 0. The van der Waals surface area contributed by atoms with Gasteiger partial charge in [-0.1, -0.05) is 6.07 Å². The van der Waals surface area contributed by atoms with Crippen molar-refractivity contribution in [3.8, 4) is 5.75 Å². The van der Waals surface area contributed by atoms with Gasteiger partial charge in [0.25, 0.3) is 0 Å². The van der Waals surface area contributed by atoms with Gasteiger partial charge in [-0.3, -0.25) is 0 Å². The van der Waals surface area contributed by atoms with Gasteiger partial charge in [0, 0.05) is 13.2 Å². The average molecular weight is 235 g/mol. The lowest BCUT2D eigenvalue weighted by Gasteiger charge is -2.23. The molecule has 0 unspecified atom stereocenters. The van der Waals surface area contributed by atoms with E-state index in [0.29, 0.717) is 5.92 Å². The van der Waals surface area contributed by atoms with Gasteiger partial charge in [0.1, 0.15) is 5.75 Å².